The number of aryl methyl sites for hydroxylation is 2. The van der Waals surface area contributed by atoms with E-state index in [1.165, 1.54) is 11.3 Å². The molecule has 1 aliphatic carbocycles. The van der Waals surface area contributed by atoms with Crippen LogP contribution in [0.1, 0.15) is 52.5 Å². The van der Waals surface area contributed by atoms with Crippen molar-refractivity contribution in [2.75, 3.05) is 0 Å². The highest BCUT2D eigenvalue weighted by Gasteiger charge is 2.38. The van der Waals surface area contributed by atoms with Crippen LogP contribution >= 0.6 is 11.3 Å². The molecule has 2 N–H and O–H groups in total. The summed E-state index contributed by atoms with van der Waals surface area (Å²) >= 11 is 1.48. The van der Waals surface area contributed by atoms with E-state index in [4.69, 9.17) is 5.11 Å². The average molecular weight is 282 g/mol. The van der Waals surface area contributed by atoms with Gasteiger partial charge in [0.15, 0.2) is 0 Å². The Hall–Kier alpha value is -1.43. The molecule has 1 amide bonds. The molecule has 0 saturated heterocycles. The Bertz CT molecular complexity index is 504. The maximum atomic E-state index is 12.3. The monoisotopic (exact) mass is 282 g/mol. The first-order valence-corrected chi connectivity index (χ1v) is 7.22. The predicted octanol–water partition coefficient (Wildman–Crippen LogP) is 2.28. The van der Waals surface area contributed by atoms with E-state index in [1.54, 1.807) is 0 Å². The maximum absolute atomic E-state index is 12.3. The average Bonchev–Trinajstić information content (AvgIpc) is 2.85. The van der Waals surface area contributed by atoms with Crippen LogP contribution < -0.4 is 5.32 Å². The first-order chi connectivity index (χ1) is 8.92. The first kappa shape index (κ1) is 14.0. The number of carbonyl (C=O) groups excluding carboxylic acids is 1. The van der Waals surface area contributed by atoms with Crippen molar-refractivity contribution in [3.05, 3.63) is 15.6 Å². The van der Waals surface area contributed by atoms with Gasteiger partial charge >= 0.3 is 5.97 Å². The van der Waals surface area contributed by atoms with Gasteiger partial charge in [0.05, 0.1) is 17.0 Å². The molecule has 1 fully saturated rings. The molecule has 0 unspecified atom stereocenters. The molecule has 1 aliphatic rings. The van der Waals surface area contributed by atoms with Gasteiger partial charge in [0, 0.05) is 4.88 Å². The fourth-order valence-corrected chi connectivity index (χ4v) is 3.54. The van der Waals surface area contributed by atoms with E-state index in [0.29, 0.717) is 5.69 Å². The lowest BCUT2D eigenvalue weighted by molar-refractivity contribution is -0.138. The summed E-state index contributed by atoms with van der Waals surface area (Å²) in [5, 5.41) is 12.8. The van der Waals surface area contributed by atoms with Crippen LogP contribution in [0.25, 0.3) is 0 Å². The van der Waals surface area contributed by atoms with Crippen molar-refractivity contribution < 1.29 is 14.7 Å². The normalized spacial score (nSPS) is 17.4. The molecule has 1 heterocycles. The lowest BCUT2D eigenvalue weighted by Gasteiger charge is -2.28. The number of thiazole rings is 1. The van der Waals surface area contributed by atoms with E-state index in [1.807, 2.05) is 13.8 Å². The molecule has 1 aromatic heterocycles. The third-order valence-corrected chi connectivity index (χ3v) is 4.43. The van der Waals surface area contributed by atoms with Gasteiger partial charge in [0.1, 0.15) is 5.69 Å². The predicted molar refractivity (Wildman–Crippen MR) is 72.5 cm³/mol. The zero-order valence-corrected chi connectivity index (χ0v) is 12.0. The Morgan fingerprint density at radius 2 is 2.00 bits per heavy atom. The fraction of sp³-hybridized carbons (Fsp3) is 0.615. The number of carboxylic acids is 1. The van der Waals surface area contributed by atoms with Crippen LogP contribution in [0, 0.1) is 13.8 Å². The smallest absolute Gasteiger partial charge is 0.305 e. The van der Waals surface area contributed by atoms with E-state index < -0.39 is 11.5 Å². The number of hydrogen-bond donors (Lipinski definition) is 2. The van der Waals surface area contributed by atoms with E-state index >= 15 is 0 Å². The van der Waals surface area contributed by atoms with Crippen molar-refractivity contribution in [3.8, 4) is 0 Å². The SMILES string of the molecule is Cc1nc(C(=O)NC2(CC(=O)O)CCCC2)c(C)s1. The van der Waals surface area contributed by atoms with Crippen molar-refractivity contribution in [2.24, 2.45) is 0 Å². The van der Waals surface area contributed by atoms with Crippen LogP contribution in [0.3, 0.4) is 0 Å². The summed E-state index contributed by atoms with van der Waals surface area (Å²) in [5.41, 5.74) is -0.161. The third kappa shape index (κ3) is 3.12. The lowest BCUT2D eigenvalue weighted by atomic mass is 9.93. The Labute approximate surface area is 116 Å². The summed E-state index contributed by atoms with van der Waals surface area (Å²) in [4.78, 5) is 28.3. The number of aromatic nitrogens is 1. The van der Waals surface area contributed by atoms with Gasteiger partial charge in [-0.15, -0.1) is 11.3 Å². The first-order valence-electron chi connectivity index (χ1n) is 6.40. The minimum Gasteiger partial charge on any atom is -0.481 e. The van der Waals surface area contributed by atoms with E-state index in [-0.39, 0.29) is 12.3 Å². The van der Waals surface area contributed by atoms with Crippen molar-refractivity contribution >= 4 is 23.2 Å². The van der Waals surface area contributed by atoms with Crippen LogP contribution in [0.4, 0.5) is 0 Å². The molecule has 0 bridgehead atoms. The standard InChI is InChI=1S/C13H18N2O3S/c1-8-11(14-9(2)19-8)12(18)15-13(7-10(16)17)5-3-4-6-13/h3-7H2,1-2H3,(H,15,18)(H,16,17). The topological polar surface area (TPSA) is 79.3 Å². The van der Waals surface area contributed by atoms with Crippen LogP contribution in [0.5, 0.6) is 0 Å². The zero-order chi connectivity index (χ0) is 14.0. The van der Waals surface area contributed by atoms with Crippen molar-refractivity contribution in [1.82, 2.24) is 10.3 Å². The highest BCUT2D eigenvalue weighted by atomic mass is 32.1. The number of rotatable bonds is 4. The van der Waals surface area contributed by atoms with Crippen LogP contribution in [0.2, 0.25) is 0 Å². The number of aliphatic carboxylic acids is 1. The fourth-order valence-electron chi connectivity index (χ4n) is 2.73. The molecule has 2 rings (SSSR count). The minimum absolute atomic E-state index is 0.0130. The number of carbonyl (C=O) groups is 2. The van der Waals surface area contributed by atoms with Crippen LogP contribution in [0.15, 0.2) is 0 Å². The van der Waals surface area contributed by atoms with Gasteiger partial charge in [-0.05, 0) is 26.7 Å². The molecule has 1 aromatic rings. The molecule has 0 atom stereocenters. The quantitative estimate of drug-likeness (QED) is 0.888. The Morgan fingerprint density at radius 1 is 1.37 bits per heavy atom. The summed E-state index contributed by atoms with van der Waals surface area (Å²) in [6.45, 7) is 3.72. The van der Waals surface area contributed by atoms with Gasteiger partial charge < -0.3 is 10.4 Å². The Morgan fingerprint density at radius 3 is 2.47 bits per heavy atom. The van der Waals surface area contributed by atoms with Crippen LogP contribution in [-0.2, 0) is 4.79 Å². The van der Waals surface area contributed by atoms with E-state index in [2.05, 4.69) is 10.3 Å². The highest BCUT2D eigenvalue weighted by molar-refractivity contribution is 7.11. The summed E-state index contributed by atoms with van der Waals surface area (Å²) < 4.78 is 0. The van der Waals surface area contributed by atoms with Gasteiger partial charge in [0.25, 0.3) is 5.91 Å². The third-order valence-electron chi connectivity index (χ3n) is 3.55. The number of carboxylic acid groups (broad SMARTS) is 1. The molecule has 0 radical (unpaired) electrons. The zero-order valence-electron chi connectivity index (χ0n) is 11.2. The van der Waals surface area contributed by atoms with Crippen molar-refractivity contribution in [1.29, 1.82) is 0 Å². The second-order valence-electron chi connectivity index (χ2n) is 5.15. The molecular weight excluding hydrogens is 264 g/mol. The maximum Gasteiger partial charge on any atom is 0.305 e. The molecule has 0 aromatic carbocycles. The number of nitrogens with zero attached hydrogens (tertiary/aromatic N) is 1. The molecule has 0 aliphatic heterocycles. The number of nitrogens with one attached hydrogen (secondary N) is 1. The van der Waals surface area contributed by atoms with Gasteiger partial charge in [-0.1, -0.05) is 12.8 Å². The molecular formula is C13H18N2O3S. The summed E-state index contributed by atoms with van der Waals surface area (Å²) in [6, 6.07) is 0. The Kier molecular flexibility index (Phi) is 3.89. The molecule has 0 spiro atoms. The molecule has 19 heavy (non-hydrogen) atoms. The Balaban J connectivity index is 2.15. The second-order valence-corrected chi connectivity index (χ2v) is 6.56. The van der Waals surface area contributed by atoms with Crippen molar-refractivity contribution in [2.45, 2.75) is 51.5 Å². The molecule has 6 heteroatoms. The van der Waals surface area contributed by atoms with Crippen molar-refractivity contribution in [3.63, 3.8) is 0 Å². The van der Waals surface area contributed by atoms with Gasteiger partial charge in [-0.3, -0.25) is 9.59 Å². The molecule has 1 saturated carbocycles. The second kappa shape index (κ2) is 5.28. The van der Waals surface area contributed by atoms with Gasteiger partial charge in [-0.2, -0.15) is 0 Å². The van der Waals surface area contributed by atoms with Gasteiger partial charge in [-0.25, -0.2) is 4.98 Å². The number of hydrogen-bond acceptors (Lipinski definition) is 4. The minimum atomic E-state index is -0.867. The van der Waals surface area contributed by atoms with Gasteiger partial charge in [0.2, 0.25) is 0 Å². The van der Waals surface area contributed by atoms with E-state index in [9.17, 15) is 9.59 Å². The molecule has 104 valence electrons. The summed E-state index contributed by atoms with van der Waals surface area (Å²) in [6.07, 6.45) is 3.37. The highest BCUT2D eigenvalue weighted by Crippen LogP contribution is 2.33. The largest absolute Gasteiger partial charge is 0.481 e. The van der Waals surface area contributed by atoms with Crippen LogP contribution in [-0.4, -0.2) is 27.5 Å². The summed E-state index contributed by atoms with van der Waals surface area (Å²) in [5.74, 6) is -1.11. The molecule has 5 nitrogen and oxygen atoms in total. The summed E-state index contributed by atoms with van der Waals surface area (Å²) in [7, 11) is 0. The number of amides is 1. The van der Waals surface area contributed by atoms with E-state index in [0.717, 1.165) is 35.6 Å². The lowest BCUT2D eigenvalue weighted by Crippen LogP contribution is -2.48.